The standard InChI is InChI=1S/C18H21NO2/c1-20-13-18(14-7-4-3-5-8-14)19-12-17(19)15-9-6-10-16(11-15)21-2/h3-11,17-18H,12-13H2,1-2H3/t17-,18+,19?/m1/s1. The summed E-state index contributed by atoms with van der Waals surface area (Å²) < 4.78 is 10.7. The minimum absolute atomic E-state index is 0.312. The van der Waals surface area contributed by atoms with Crippen LogP contribution >= 0.6 is 0 Å². The van der Waals surface area contributed by atoms with Crippen molar-refractivity contribution in [2.75, 3.05) is 27.4 Å². The Morgan fingerprint density at radius 3 is 2.62 bits per heavy atom. The molecule has 0 aliphatic carbocycles. The van der Waals surface area contributed by atoms with Gasteiger partial charge in [0.1, 0.15) is 5.75 Å². The summed E-state index contributed by atoms with van der Waals surface area (Å²) in [5.41, 5.74) is 2.62. The van der Waals surface area contributed by atoms with Crippen molar-refractivity contribution < 1.29 is 9.47 Å². The molecule has 0 spiro atoms. The molecule has 0 amide bonds. The highest BCUT2D eigenvalue weighted by Crippen LogP contribution is 2.43. The van der Waals surface area contributed by atoms with Crippen molar-refractivity contribution in [3.05, 3.63) is 65.7 Å². The Morgan fingerprint density at radius 1 is 1.10 bits per heavy atom. The minimum Gasteiger partial charge on any atom is -0.497 e. The Balaban J connectivity index is 1.77. The second-order valence-corrected chi connectivity index (χ2v) is 5.37. The van der Waals surface area contributed by atoms with Gasteiger partial charge in [-0.1, -0.05) is 42.5 Å². The first-order valence-electron chi connectivity index (χ1n) is 7.27. The predicted octanol–water partition coefficient (Wildman–Crippen LogP) is 3.44. The van der Waals surface area contributed by atoms with E-state index in [2.05, 4.69) is 53.4 Å². The molecular formula is C18H21NO2. The molecule has 1 unspecified atom stereocenters. The second kappa shape index (κ2) is 6.29. The third-order valence-electron chi connectivity index (χ3n) is 4.04. The molecule has 2 aromatic rings. The number of hydrogen-bond donors (Lipinski definition) is 0. The molecule has 1 heterocycles. The van der Waals surface area contributed by atoms with Crippen molar-refractivity contribution in [3.63, 3.8) is 0 Å². The maximum atomic E-state index is 5.42. The maximum Gasteiger partial charge on any atom is 0.119 e. The number of benzene rings is 2. The quantitative estimate of drug-likeness (QED) is 0.758. The van der Waals surface area contributed by atoms with E-state index in [9.17, 15) is 0 Å². The van der Waals surface area contributed by atoms with Gasteiger partial charge in [0, 0.05) is 19.7 Å². The summed E-state index contributed by atoms with van der Waals surface area (Å²) in [6.07, 6.45) is 0. The van der Waals surface area contributed by atoms with E-state index in [1.807, 2.05) is 6.07 Å². The fraction of sp³-hybridized carbons (Fsp3) is 0.333. The van der Waals surface area contributed by atoms with Gasteiger partial charge in [-0.05, 0) is 23.3 Å². The van der Waals surface area contributed by atoms with E-state index in [0.717, 1.165) is 12.3 Å². The molecule has 1 aliphatic rings. The molecule has 3 atom stereocenters. The van der Waals surface area contributed by atoms with Gasteiger partial charge in [-0.15, -0.1) is 0 Å². The zero-order valence-electron chi connectivity index (χ0n) is 12.5. The first-order valence-corrected chi connectivity index (χ1v) is 7.27. The normalized spacial score (nSPS) is 21.8. The van der Waals surface area contributed by atoms with Crippen LogP contribution in [0, 0.1) is 0 Å². The summed E-state index contributed by atoms with van der Waals surface area (Å²) in [4.78, 5) is 2.47. The van der Waals surface area contributed by atoms with Crippen LogP contribution in [0.5, 0.6) is 5.75 Å². The zero-order valence-corrected chi connectivity index (χ0v) is 12.5. The Hall–Kier alpha value is -1.84. The highest BCUT2D eigenvalue weighted by Gasteiger charge is 2.41. The summed E-state index contributed by atoms with van der Waals surface area (Å²) in [5, 5.41) is 0. The molecule has 0 saturated carbocycles. The lowest BCUT2D eigenvalue weighted by molar-refractivity contribution is 0.139. The van der Waals surface area contributed by atoms with Crippen LogP contribution in [0.4, 0.5) is 0 Å². The molecule has 1 aliphatic heterocycles. The van der Waals surface area contributed by atoms with E-state index < -0.39 is 0 Å². The van der Waals surface area contributed by atoms with Crippen molar-refractivity contribution in [1.29, 1.82) is 0 Å². The van der Waals surface area contributed by atoms with Crippen LogP contribution < -0.4 is 4.74 Å². The maximum absolute atomic E-state index is 5.42. The average Bonchev–Trinajstić information content (AvgIpc) is 3.34. The number of ether oxygens (including phenoxy) is 2. The Kier molecular flexibility index (Phi) is 4.23. The van der Waals surface area contributed by atoms with E-state index >= 15 is 0 Å². The lowest BCUT2D eigenvalue weighted by Gasteiger charge is -2.19. The van der Waals surface area contributed by atoms with Gasteiger partial charge >= 0.3 is 0 Å². The Labute approximate surface area is 126 Å². The predicted molar refractivity (Wildman–Crippen MR) is 83.5 cm³/mol. The summed E-state index contributed by atoms with van der Waals surface area (Å²) in [5.74, 6) is 0.919. The van der Waals surface area contributed by atoms with E-state index in [0.29, 0.717) is 18.7 Å². The zero-order chi connectivity index (χ0) is 14.7. The smallest absolute Gasteiger partial charge is 0.119 e. The summed E-state index contributed by atoms with van der Waals surface area (Å²) in [6.45, 7) is 1.78. The molecule has 110 valence electrons. The summed E-state index contributed by atoms with van der Waals surface area (Å²) >= 11 is 0. The average molecular weight is 283 g/mol. The van der Waals surface area contributed by atoms with Crippen molar-refractivity contribution in [2.45, 2.75) is 12.1 Å². The van der Waals surface area contributed by atoms with Gasteiger partial charge < -0.3 is 9.47 Å². The highest BCUT2D eigenvalue weighted by molar-refractivity contribution is 5.34. The summed E-state index contributed by atoms with van der Waals surface area (Å²) in [6, 6.07) is 19.7. The van der Waals surface area contributed by atoms with Gasteiger partial charge in [0.05, 0.1) is 19.8 Å². The van der Waals surface area contributed by atoms with Gasteiger partial charge in [0.15, 0.2) is 0 Å². The van der Waals surface area contributed by atoms with E-state index in [-0.39, 0.29) is 0 Å². The van der Waals surface area contributed by atoms with Crippen molar-refractivity contribution in [1.82, 2.24) is 4.90 Å². The molecule has 3 nitrogen and oxygen atoms in total. The van der Waals surface area contributed by atoms with E-state index in [1.165, 1.54) is 11.1 Å². The molecule has 3 rings (SSSR count). The number of rotatable bonds is 6. The molecule has 1 fully saturated rings. The molecule has 3 heteroatoms. The summed E-state index contributed by atoms with van der Waals surface area (Å²) in [7, 11) is 3.47. The number of methoxy groups -OCH3 is 2. The van der Waals surface area contributed by atoms with Gasteiger partial charge in [0.25, 0.3) is 0 Å². The number of nitrogens with zero attached hydrogens (tertiary/aromatic N) is 1. The Bertz CT molecular complexity index is 585. The fourth-order valence-electron chi connectivity index (χ4n) is 2.86. The highest BCUT2D eigenvalue weighted by atomic mass is 16.5. The Morgan fingerprint density at radius 2 is 1.90 bits per heavy atom. The van der Waals surface area contributed by atoms with Crippen LogP contribution in [-0.2, 0) is 4.74 Å². The molecule has 0 N–H and O–H groups in total. The third kappa shape index (κ3) is 3.09. The molecule has 2 aromatic carbocycles. The molecular weight excluding hydrogens is 262 g/mol. The van der Waals surface area contributed by atoms with Gasteiger partial charge in [-0.2, -0.15) is 0 Å². The SMILES string of the molecule is COC[C@@H](c1ccccc1)N1C[C@@H]1c1cccc(OC)c1. The van der Waals surface area contributed by atoms with Crippen LogP contribution in [0.15, 0.2) is 54.6 Å². The lowest BCUT2D eigenvalue weighted by atomic mass is 10.1. The first kappa shape index (κ1) is 14.1. The van der Waals surface area contributed by atoms with Crippen LogP contribution in [0.25, 0.3) is 0 Å². The minimum atomic E-state index is 0.312. The first-order chi connectivity index (χ1) is 10.3. The van der Waals surface area contributed by atoms with Crippen molar-refractivity contribution in [3.8, 4) is 5.75 Å². The monoisotopic (exact) mass is 283 g/mol. The lowest BCUT2D eigenvalue weighted by Crippen LogP contribution is -2.16. The topological polar surface area (TPSA) is 21.5 Å². The molecule has 0 radical (unpaired) electrons. The molecule has 1 saturated heterocycles. The van der Waals surface area contributed by atoms with Crippen LogP contribution in [0.1, 0.15) is 23.2 Å². The fourth-order valence-corrected chi connectivity index (χ4v) is 2.86. The van der Waals surface area contributed by atoms with Crippen molar-refractivity contribution in [2.24, 2.45) is 0 Å². The molecule has 21 heavy (non-hydrogen) atoms. The second-order valence-electron chi connectivity index (χ2n) is 5.37. The van der Waals surface area contributed by atoms with Crippen LogP contribution in [0.2, 0.25) is 0 Å². The molecule has 0 bridgehead atoms. The van der Waals surface area contributed by atoms with Crippen LogP contribution in [0.3, 0.4) is 0 Å². The van der Waals surface area contributed by atoms with Crippen LogP contribution in [-0.4, -0.2) is 32.3 Å². The van der Waals surface area contributed by atoms with Gasteiger partial charge in [0.2, 0.25) is 0 Å². The van der Waals surface area contributed by atoms with Gasteiger partial charge in [-0.25, -0.2) is 0 Å². The third-order valence-corrected chi connectivity index (χ3v) is 4.04. The molecule has 0 aromatic heterocycles. The van der Waals surface area contributed by atoms with Gasteiger partial charge in [-0.3, -0.25) is 4.90 Å². The number of hydrogen-bond acceptors (Lipinski definition) is 3. The van der Waals surface area contributed by atoms with Crippen molar-refractivity contribution >= 4 is 0 Å². The van der Waals surface area contributed by atoms with E-state index in [1.54, 1.807) is 14.2 Å². The largest absolute Gasteiger partial charge is 0.497 e. The van der Waals surface area contributed by atoms with E-state index in [4.69, 9.17) is 9.47 Å².